The molecule has 1 amide bonds. The molecule has 190 valence electrons. The summed E-state index contributed by atoms with van der Waals surface area (Å²) in [5.74, 6) is -0.510. The average Bonchev–Trinajstić information content (AvgIpc) is 3.62. The van der Waals surface area contributed by atoms with Gasteiger partial charge in [-0.25, -0.2) is 13.4 Å². The number of aromatic nitrogens is 1. The van der Waals surface area contributed by atoms with Crippen LogP contribution in [0.2, 0.25) is 0 Å². The summed E-state index contributed by atoms with van der Waals surface area (Å²) in [5.41, 5.74) is 0.460. The van der Waals surface area contributed by atoms with Gasteiger partial charge < -0.3 is 19.0 Å². The van der Waals surface area contributed by atoms with E-state index in [0.29, 0.717) is 36.8 Å². The molecule has 0 radical (unpaired) electrons. The summed E-state index contributed by atoms with van der Waals surface area (Å²) in [5, 5.41) is 6.77. The van der Waals surface area contributed by atoms with Crippen molar-refractivity contribution in [1.29, 1.82) is 0 Å². The molecule has 0 unspecified atom stereocenters. The number of oxime groups is 1. The Bertz CT molecular complexity index is 1140. The van der Waals surface area contributed by atoms with Gasteiger partial charge in [0.05, 0.1) is 34.3 Å². The summed E-state index contributed by atoms with van der Waals surface area (Å²) in [6, 6.07) is 6.11. The lowest BCUT2D eigenvalue weighted by Gasteiger charge is -2.13. The number of anilines is 1. The molecular formula is C23H29N3O7S2. The van der Waals surface area contributed by atoms with E-state index in [2.05, 4.69) is 15.5 Å². The molecule has 1 saturated carbocycles. The van der Waals surface area contributed by atoms with Crippen LogP contribution >= 0.6 is 11.3 Å². The van der Waals surface area contributed by atoms with Crippen molar-refractivity contribution in [2.45, 2.75) is 54.6 Å². The van der Waals surface area contributed by atoms with Crippen LogP contribution in [0.4, 0.5) is 5.13 Å². The van der Waals surface area contributed by atoms with Crippen molar-refractivity contribution in [2.75, 3.05) is 32.8 Å². The third-order valence-corrected chi connectivity index (χ3v) is 9.09. The summed E-state index contributed by atoms with van der Waals surface area (Å²) in [6.45, 7) is 1.02. The number of rotatable bonds is 10. The number of amides is 1. The average molecular weight is 524 g/mol. The lowest BCUT2D eigenvalue weighted by Crippen LogP contribution is -2.25. The van der Waals surface area contributed by atoms with E-state index in [9.17, 15) is 13.2 Å². The molecular weight excluding hydrogens is 494 g/mol. The highest BCUT2D eigenvalue weighted by Crippen LogP contribution is 2.26. The number of benzene rings is 1. The molecule has 1 aliphatic carbocycles. The minimum absolute atomic E-state index is 0.0301. The fraction of sp³-hybridized carbons (Fsp3) is 0.522. The van der Waals surface area contributed by atoms with Crippen LogP contribution in [0.25, 0.3) is 0 Å². The zero-order chi connectivity index (χ0) is 24.8. The molecule has 1 aliphatic heterocycles. The molecule has 1 aromatic carbocycles. The fourth-order valence-electron chi connectivity index (χ4n) is 4.05. The normalized spacial score (nSPS) is 22.9. The molecule has 2 fully saturated rings. The fourth-order valence-corrected chi connectivity index (χ4v) is 6.41. The van der Waals surface area contributed by atoms with Gasteiger partial charge in [0, 0.05) is 39.0 Å². The Kier molecular flexibility index (Phi) is 8.50. The molecule has 2 aromatic rings. The van der Waals surface area contributed by atoms with Gasteiger partial charge in [0.15, 0.2) is 20.7 Å². The van der Waals surface area contributed by atoms with Gasteiger partial charge >= 0.3 is 0 Å². The van der Waals surface area contributed by atoms with Crippen LogP contribution in [0.3, 0.4) is 0 Å². The number of nitrogens with zero attached hydrogens (tertiary/aromatic N) is 2. The number of hydrogen-bond donors (Lipinski definition) is 1. The van der Waals surface area contributed by atoms with Crippen molar-refractivity contribution in [3.63, 3.8) is 0 Å². The molecule has 12 heteroatoms. The highest BCUT2D eigenvalue weighted by Gasteiger charge is 2.31. The minimum Gasteiger partial charge on any atom is -0.392 e. The number of ether oxygens (including phenoxy) is 3. The van der Waals surface area contributed by atoms with Crippen molar-refractivity contribution >= 4 is 37.9 Å². The first-order valence-electron chi connectivity index (χ1n) is 11.3. The number of carbonyl (C=O) groups excluding carboxylic acids is 1. The number of nitrogens with one attached hydrogen (secondary N) is 1. The van der Waals surface area contributed by atoms with Crippen LogP contribution in [0.15, 0.2) is 40.5 Å². The third kappa shape index (κ3) is 6.25. The molecule has 35 heavy (non-hydrogen) atoms. The Hall–Kier alpha value is -2.38. The molecule has 2 heterocycles. The van der Waals surface area contributed by atoms with Gasteiger partial charge in [-0.15, -0.1) is 0 Å². The number of carbonyl (C=O) groups is 1. The van der Waals surface area contributed by atoms with Crippen molar-refractivity contribution in [3.8, 4) is 0 Å². The van der Waals surface area contributed by atoms with Gasteiger partial charge in [0.25, 0.3) is 5.91 Å². The first-order valence-corrected chi connectivity index (χ1v) is 13.7. The zero-order valence-corrected chi connectivity index (χ0v) is 21.3. The van der Waals surface area contributed by atoms with Gasteiger partial charge in [0.1, 0.15) is 6.10 Å². The van der Waals surface area contributed by atoms with Crippen molar-refractivity contribution in [1.82, 2.24) is 4.98 Å². The van der Waals surface area contributed by atoms with Gasteiger partial charge in [-0.1, -0.05) is 28.6 Å². The van der Waals surface area contributed by atoms with Crippen LogP contribution in [0.5, 0.6) is 0 Å². The maximum absolute atomic E-state index is 13.2. The lowest BCUT2D eigenvalue weighted by atomic mass is 10.1. The summed E-state index contributed by atoms with van der Waals surface area (Å²) in [6.07, 6.45) is 4.34. The SMILES string of the molecule is COCc1cnc(NC(=O)/C(=N/O[C@@H]2CC[C@@H](OC)C2)c2ccc(S(=O)(=O)[C@H]3CCOC3)cc2)s1. The Labute approximate surface area is 208 Å². The van der Waals surface area contributed by atoms with Crippen LogP contribution in [0, 0.1) is 0 Å². The van der Waals surface area contributed by atoms with E-state index in [4.69, 9.17) is 19.0 Å². The highest BCUT2D eigenvalue weighted by molar-refractivity contribution is 7.92. The maximum atomic E-state index is 13.2. The highest BCUT2D eigenvalue weighted by atomic mass is 32.2. The summed E-state index contributed by atoms with van der Waals surface area (Å²) in [4.78, 5) is 24.1. The van der Waals surface area contributed by atoms with E-state index in [1.807, 2.05) is 0 Å². The molecule has 0 bridgehead atoms. The molecule has 3 atom stereocenters. The molecule has 4 rings (SSSR count). The molecule has 10 nitrogen and oxygen atoms in total. The van der Waals surface area contributed by atoms with Gasteiger partial charge in [0.2, 0.25) is 0 Å². The monoisotopic (exact) mass is 523 g/mol. The standard InChI is InChI=1S/C23H29N3O7S2/c1-30-13-18-12-24-23(34-18)25-22(27)21(26-33-17-6-5-16(11-17)31-2)15-3-7-19(8-4-15)35(28,29)20-9-10-32-14-20/h3-4,7-8,12,16-17,20H,5-6,9-11,13-14H2,1-2H3,(H,24,25,27)/b26-21+/t16-,17-,20+/m1/s1. The summed E-state index contributed by atoms with van der Waals surface area (Å²) < 4.78 is 41.4. The Morgan fingerprint density at radius 2 is 1.97 bits per heavy atom. The van der Waals surface area contributed by atoms with E-state index in [1.54, 1.807) is 32.5 Å². The number of thiazole rings is 1. The van der Waals surface area contributed by atoms with Crippen LogP contribution < -0.4 is 5.32 Å². The van der Waals surface area contributed by atoms with Crippen LogP contribution in [-0.4, -0.2) is 69.9 Å². The minimum atomic E-state index is -3.52. The van der Waals surface area contributed by atoms with E-state index < -0.39 is 21.0 Å². The second-order valence-corrected chi connectivity index (χ2v) is 11.8. The largest absolute Gasteiger partial charge is 0.392 e. The van der Waals surface area contributed by atoms with Crippen molar-refractivity contribution < 1.29 is 32.3 Å². The van der Waals surface area contributed by atoms with Gasteiger partial charge in [-0.3, -0.25) is 10.1 Å². The maximum Gasteiger partial charge on any atom is 0.280 e. The van der Waals surface area contributed by atoms with Crippen molar-refractivity contribution in [3.05, 3.63) is 40.9 Å². The molecule has 2 aliphatic rings. The zero-order valence-electron chi connectivity index (χ0n) is 19.6. The van der Waals surface area contributed by atoms with Crippen molar-refractivity contribution in [2.24, 2.45) is 5.16 Å². The van der Waals surface area contributed by atoms with E-state index in [-0.39, 0.29) is 29.4 Å². The van der Waals surface area contributed by atoms with Gasteiger partial charge in [-0.2, -0.15) is 0 Å². The van der Waals surface area contributed by atoms with E-state index >= 15 is 0 Å². The first kappa shape index (κ1) is 25.7. The topological polar surface area (TPSA) is 125 Å². The number of sulfone groups is 1. The molecule has 1 N–H and O–H groups in total. The Morgan fingerprint density at radius 3 is 2.63 bits per heavy atom. The van der Waals surface area contributed by atoms with Gasteiger partial charge in [-0.05, 0) is 31.4 Å². The molecule has 0 spiro atoms. The van der Waals surface area contributed by atoms with Crippen LogP contribution in [0.1, 0.15) is 36.1 Å². The predicted molar refractivity (Wildman–Crippen MR) is 130 cm³/mol. The summed E-state index contributed by atoms with van der Waals surface area (Å²) in [7, 11) is -0.273. The third-order valence-electron chi connectivity index (χ3n) is 6.02. The number of methoxy groups -OCH3 is 2. The number of hydrogen-bond acceptors (Lipinski definition) is 10. The molecule has 1 aromatic heterocycles. The Balaban J connectivity index is 1.55. The smallest absolute Gasteiger partial charge is 0.280 e. The first-order chi connectivity index (χ1) is 16.9. The predicted octanol–water partition coefficient (Wildman–Crippen LogP) is 2.78. The van der Waals surface area contributed by atoms with E-state index in [0.717, 1.165) is 17.7 Å². The lowest BCUT2D eigenvalue weighted by molar-refractivity contribution is -0.110. The van der Waals surface area contributed by atoms with E-state index in [1.165, 1.54) is 23.5 Å². The quantitative estimate of drug-likeness (QED) is 0.372. The second kappa shape index (κ2) is 11.6. The second-order valence-electron chi connectivity index (χ2n) is 8.41. The Morgan fingerprint density at radius 1 is 1.20 bits per heavy atom. The van der Waals surface area contributed by atoms with Crippen LogP contribution in [-0.2, 0) is 40.3 Å². The molecule has 1 saturated heterocycles. The summed E-state index contributed by atoms with van der Waals surface area (Å²) >= 11 is 1.29.